The molecule has 0 aliphatic heterocycles. The summed E-state index contributed by atoms with van der Waals surface area (Å²) in [6, 6.07) is 3.45. The SMILES string of the molecule is Cc1cc(O)c(C(C)C)cc1NC(=O)c1n[nH]c(Br)c1Br. The first kappa shape index (κ1) is 16.0. The Morgan fingerprint density at radius 3 is 2.57 bits per heavy atom. The molecule has 0 fully saturated rings. The number of nitrogens with one attached hydrogen (secondary N) is 2. The average molecular weight is 417 g/mol. The molecule has 0 unspecified atom stereocenters. The number of aryl methyl sites for hydroxylation is 1. The predicted octanol–water partition coefficient (Wildman–Crippen LogP) is 4.32. The van der Waals surface area contributed by atoms with Crippen LogP contribution in [0.25, 0.3) is 0 Å². The molecule has 112 valence electrons. The van der Waals surface area contributed by atoms with Crippen molar-refractivity contribution >= 4 is 43.5 Å². The van der Waals surface area contributed by atoms with Crippen molar-refractivity contribution in [3.05, 3.63) is 38.0 Å². The second kappa shape index (κ2) is 6.19. The van der Waals surface area contributed by atoms with Crippen LogP contribution in [0.4, 0.5) is 5.69 Å². The van der Waals surface area contributed by atoms with E-state index in [0.29, 0.717) is 14.8 Å². The second-order valence-corrected chi connectivity index (χ2v) is 6.62. The van der Waals surface area contributed by atoms with Gasteiger partial charge in [-0.15, -0.1) is 0 Å². The Morgan fingerprint density at radius 1 is 1.38 bits per heavy atom. The van der Waals surface area contributed by atoms with Gasteiger partial charge in [0, 0.05) is 5.69 Å². The molecule has 0 radical (unpaired) electrons. The van der Waals surface area contributed by atoms with E-state index in [1.807, 2.05) is 20.8 Å². The van der Waals surface area contributed by atoms with Crippen molar-refractivity contribution in [1.82, 2.24) is 10.2 Å². The van der Waals surface area contributed by atoms with Crippen LogP contribution in [0.2, 0.25) is 0 Å². The summed E-state index contributed by atoms with van der Waals surface area (Å²) in [4.78, 5) is 12.3. The Balaban J connectivity index is 2.33. The molecule has 5 nitrogen and oxygen atoms in total. The van der Waals surface area contributed by atoms with Gasteiger partial charge in [-0.05, 0) is 68.0 Å². The van der Waals surface area contributed by atoms with Crippen LogP contribution in [0.3, 0.4) is 0 Å². The third-order valence-electron chi connectivity index (χ3n) is 3.13. The molecular formula is C14H15Br2N3O2. The number of carbonyl (C=O) groups is 1. The van der Waals surface area contributed by atoms with Crippen LogP contribution in [0.1, 0.15) is 41.4 Å². The molecule has 1 heterocycles. The van der Waals surface area contributed by atoms with Crippen LogP contribution in [0.15, 0.2) is 21.2 Å². The number of aromatic nitrogens is 2. The lowest BCUT2D eigenvalue weighted by molar-refractivity contribution is 0.102. The fourth-order valence-corrected chi connectivity index (χ4v) is 2.58. The number of H-pyrrole nitrogens is 1. The number of amides is 1. The minimum absolute atomic E-state index is 0.160. The van der Waals surface area contributed by atoms with Crippen molar-refractivity contribution < 1.29 is 9.90 Å². The van der Waals surface area contributed by atoms with Gasteiger partial charge in [0.05, 0.1) is 4.47 Å². The highest BCUT2D eigenvalue weighted by Gasteiger charge is 2.18. The lowest BCUT2D eigenvalue weighted by Crippen LogP contribution is -2.14. The number of carbonyl (C=O) groups excluding carboxylic acids is 1. The molecule has 0 bridgehead atoms. The smallest absolute Gasteiger partial charge is 0.277 e. The van der Waals surface area contributed by atoms with E-state index in [9.17, 15) is 9.90 Å². The first-order valence-corrected chi connectivity index (χ1v) is 7.94. The largest absolute Gasteiger partial charge is 0.508 e. The van der Waals surface area contributed by atoms with E-state index in [1.54, 1.807) is 12.1 Å². The number of benzene rings is 1. The standard InChI is InChI=1S/C14H15Br2N3O2/c1-6(2)8-5-9(7(3)4-10(8)20)17-14(21)12-11(15)13(16)19-18-12/h4-6,20H,1-3H3,(H,17,21)(H,18,19). The highest BCUT2D eigenvalue weighted by molar-refractivity contribution is 9.13. The molecule has 2 aromatic rings. The van der Waals surface area contributed by atoms with E-state index in [0.717, 1.165) is 11.1 Å². The van der Waals surface area contributed by atoms with Crippen molar-refractivity contribution in [3.8, 4) is 5.75 Å². The monoisotopic (exact) mass is 415 g/mol. The molecule has 0 aliphatic carbocycles. The lowest BCUT2D eigenvalue weighted by Gasteiger charge is -2.14. The zero-order valence-corrected chi connectivity index (χ0v) is 15.0. The van der Waals surface area contributed by atoms with Gasteiger partial charge in [0.2, 0.25) is 0 Å². The number of hydrogen-bond acceptors (Lipinski definition) is 3. The van der Waals surface area contributed by atoms with Gasteiger partial charge in [-0.2, -0.15) is 5.10 Å². The fraction of sp³-hybridized carbons (Fsp3) is 0.286. The fourth-order valence-electron chi connectivity index (χ4n) is 1.95. The van der Waals surface area contributed by atoms with E-state index < -0.39 is 0 Å². The molecule has 0 spiro atoms. The highest BCUT2D eigenvalue weighted by atomic mass is 79.9. The van der Waals surface area contributed by atoms with Crippen molar-refractivity contribution in [1.29, 1.82) is 0 Å². The number of phenolic OH excluding ortho intramolecular Hbond substituents is 1. The number of hydrogen-bond donors (Lipinski definition) is 3. The molecule has 7 heteroatoms. The Hall–Kier alpha value is -1.34. The van der Waals surface area contributed by atoms with Gasteiger partial charge in [0.15, 0.2) is 5.69 Å². The van der Waals surface area contributed by atoms with Crippen molar-refractivity contribution in [3.63, 3.8) is 0 Å². The minimum Gasteiger partial charge on any atom is -0.508 e. The molecule has 21 heavy (non-hydrogen) atoms. The van der Waals surface area contributed by atoms with Gasteiger partial charge >= 0.3 is 0 Å². The Labute approximate surface area is 139 Å². The van der Waals surface area contributed by atoms with Crippen molar-refractivity contribution in [2.45, 2.75) is 26.7 Å². The minimum atomic E-state index is -0.327. The molecule has 1 amide bonds. The van der Waals surface area contributed by atoms with Gasteiger partial charge in [-0.25, -0.2) is 0 Å². The molecule has 0 aliphatic rings. The summed E-state index contributed by atoms with van der Waals surface area (Å²) in [7, 11) is 0. The molecular weight excluding hydrogens is 402 g/mol. The van der Waals surface area contributed by atoms with Crippen molar-refractivity contribution in [2.75, 3.05) is 5.32 Å². The second-order valence-electron chi connectivity index (χ2n) is 5.03. The van der Waals surface area contributed by atoms with Crippen LogP contribution in [0, 0.1) is 6.92 Å². The Kier molecular flexibility index (Phi) is 4.73. The number of halogens is 2. The van der Waals surface area contributed by atoms with Gasteiger partial charge in [-0.3, -0.25) is 9.89 Å². The summed E-state index contributed by atoms with van der Waals surface area (Å²) in [5.41, 5.74) is 2.50. The maximum absolute atomic E-state index is 12.3. The van der Waals surface area contributed by atoms with Crippen LogP contribution in [-0.4, -0.2) is 21.2 Å². The maximum Gasteiger partial charge on any atom is 0.277 e. The van der Waals surface area contributed by atoms with Gasteiger partial charge in [0.25, 0.3) is 5.91 Å². The normalized spacial score (nSPS) is 11.0. The Morgan fingerprint density at radius 2 is 2.05 bits per heavy atom. The van der Waals surface area contributed by atoms with Crippen LogP contribution in [-0.2, 0) is 0 Å². The van der Waals surface area contributed by atoms with Crippen molar-refractivity contribution in [2.24, 2.45) is 0 Å². The number of nitrogens with zero attached hydrogens (tertiary/aromatic N) is 1. The highest BCUT2D eigenvalue weighted by Crippen LogP contribution is 2.32. The summed E-state index contributed by atoms with van der Waals surface area (Å²) < 4.78 is 1.18. The predicted molar refractivity (Wildman–Crippen MR) is 88.9 cm³/mol. The first-order valence-electron chi connectivity index (χ1n) is 6.35. The molecule has 2 rings (SSSR count). The molecule has 3 N–H and O–H groups in total. The van der Waals surface area contributed by atoms with Gasteiger partial charge in [0.1, 0.15) is 10.4 Å². The summed E-state index contributed by atoms with van der Waals surface area (Å²) in [5, 5.41) is 19.4. The number of anilines is 1. The molecule has 0 saturated carbocycles. The number of aromatic hydroxyl groups is 1. The van der Waals surface area contributed by atoms with E-state index >= 15 is 0 Å². The lowest BCUT2D eigenvalue weighted by atomic mass is 9.99. The van der Waals surface area contributed by atoms with E-state index in [-0.39, 0.29) is 23.3 Å². The average Bonchev–Trinajstić information content (AvgIpc) is 2.73. The van der Waals surface area contributed by atoms with E-state index in [2.05, 4.69) is 47.4 Å². The zero-order chi connectivity index (χ0) is 15.7. The number of aromatic amines is 1. The summed E-state index contributed by atoms with van der Waals surface area (Å²) in [6.45, 7) is 5.80. The summed E-state index contributed by atoms with van der Waals surface area (Å²) in [6.07, 6.45) is 0. The van der Waals surface area contributed by atoms with Gasteiger partial charge < -0.3 is 10.4 Å². The van der Waals surface area contributed by atoms with Crippen LogP contribution < -0.4 is 5.32 Å². The summed E-state index contributed by atoms with van der Waals surface area (Å²) >= 11 is 6.54. The topological polar surface area (TPSA) is 78.0 Å². The third kappa shape index (κ3) is 3.29. The third-order valence-corrected chi connectivity index (χ3v) is 5.00. The molecule has 0 atom stereocenters. The summed E-state index contributed by atoms with van der Waals surface area (Å²) in [5.74, 6) is 0.0732. The zero-order valence-electron chi connectivity index (χ0n) is 11.8. The van der Waals surface area contributed by atoms with E-state index in [4.69, 9.17) is 0 Å². The van der Waals surface area contributed by atoms with E-state index in [1.165, 1.54) is 0 Å². The number of phenols is 1. The van der Waals surface area contributed by atoms with Gasteiger partial charge in [-0.1, -0.05) is 13.8 Å². The quantitative estimate of drug-likeness (QED) is 0.651. The molecule has 1 aromatic heterocycles. The maximum atomic E-state index is 12.3. The Bertz CT molecular complexity index is 696. The molecule has 1 aromatic carbocycles. The van der Waals surface area contributed by atoms with Crippen LogP contribution in [0.5, 0.6) is 5.75 Å². The first-order chi connectivity index (χ1) is 9.81. The number of rotatable bonds is 3. The van der Waals surface area contributed by atoms with Crippen LogP contribution >= 0.6 is 31.9 Å². The molecule has 0 saturated heterocycles.